The van der Waals surface area contributed by atoms with E-state index < -0.39 is 0 Å². The Morgan fingerprint density at radius 3 is 2.75 bits per heavy atom. The summed E-state index contributed by atoms with van der Waals surface area (Å²) in [5.41, 5.74) is 0.983. The number of benzene rings is 1. The lowest BCUT2D eigenvalue weighted by molar-refractivity contribution is 1.47. The molecule has 0 bridgehead atoms. The molecule has 0 unspecified atom stereocenters. The van der Waals surface area contributed by atoms with E-state index in [-0.39, 0.29) is 0 Å². The predicted molar refractivity (Wildman–Crippen MR) is 56.0 cm³/mol. The smallest absolute Gasteiger partial charge is 0.0741 e. The van der Waals surface area contributed by atoms with Gasteiger partial charge in [0, 0.05) is 21.6 Å². The summed E-state index contributed by atoms with van der Waals surface area (Å²) in [7, 11) is 0. The SMILES string of the molecule is Clc1c(Br)cc2[nH]ccc2c1Cl. The molecule has 62 valence electrons. The third-order valence-corrected chi connectivity index (χ3v) is 3.42. The Kier molecular flexibility index (Phi) is 2.07. The molecule has 0 atom stereocenters. The van der Waals surface area contributed by atoms with Gasteiger partial charge in [0.05, 0.1) is 10.0 Å². The topological polar surface area (TPSA) is 15.8 Å². The van der Waals surface area contributed by atoms with Crippen molar-refractivity contribution < 1.29 is 0 Å². The zero-order chi connectivity index (χ0) is 8.72. The molecular formula is C8H4BrCl2N. The number of hydrogen-bond donors (Lipinski definition) is 1. The van der Waals surface area contributed by atoms with Gasteiger partial charge in [0.1, 0.15) is 0 Å². The van der Waals surface area contributed by atoms with E-state index in [4.69, 9.17) is 23.2 Å². The summed E-state index contributed by atoms with van der Waals surface area (Å²) < 4.78 is 0.809. The van der Waals surface area contributed by atoms with Crippen molar-refractivity contribution in [3.05, 3.63) is 32.8 Å². The quantitative estimate of drug-likeness (QED) is 0.686. The van der Waals surface area contributed by atoms with Gasteiger partial charge >= 0.3 is 0 Å². The average molecular weight is 265 g/mol. The third-order valence-electron chi connectivity index (χ3n) is 1.69. The summed E-state index contributed by atoms with van der Waals surface area (Å²) in [5, 5.41) is 2.09. The number of aromatic amines is 1. The Hall–Kier alpha value is -0.180. The molecule has 1 aromatic carbocycles. The van der Waals surface area contributed by atoms with Gasteiger partial charge in [-0.05, 0) is 28.1 Å². The normalized spacial score (nSPS) is 10.9. The molecule has 2 rings (SSSR count). The van der Waals surface area contributed by atoms with Crippen LogP contribution in [0.1, 0.15) is 0 Å². The molecule has 0 fully saturated rings. The maximum absolute atomic E-state index is 5.99. The van der Waals surface area contributed by atoms with Crippen molar-refractivity contribution >= 4 is 50.0 Å². The number of halogens is 3. The number of nitrogens with one attached hydrogen (secondary N) is 1. The first-order chi connectivity index (χ1) is 5.70. The zero-order valence-electron chi connectivity index (χ0n) is 5.87. The lowest BCUT2D eigenvalue weighted by Gasteiger charge is -1.99. The van der Waals surface area contributed by atoms with E-state index in [0.29, 0.717) is 10.0 Å². The summed E-state index contributed by atoms with van der Waals surface area (Å²) in [6.45, 7) is 0. The highest BCUT2D eigenvalue weighted by atomic mass is 79.9. The van der Waals surface area contributed by atoms with Crippen molar-refractivity contribution in [2.24, 2.45) is 0 Å². The number of H-pyrrole nitrogens is 1. The standard InChI is InChI=1S/C8H4BrCl2N/c9-5-3-6-4(1-2-12-6)7(10)8(5)11/h1-3,12H. The Morgan fingerprint density at radius 1 is 1.25 bits per heavy atom. The second-order valence-electron chi connectivity index (χ2n) is 2.43. The Morgan fingerprint density at radius 2 is 2.00 bits per heavy atom. The second-order valence-corrected chi connectivity index (χ2v) is 4.04. The van der Waals surface area contributed by atoms with E-state index in [2.05, 4.69) is 20.9 Å². The summed E-state index contributed by atoms with van der Waals surface area (Å²) >= 11 is 15.2. The molecule has 0 saturated carbocycles. The largest absolute Gasteiger partial charge is 0.361 e. The van der Waals surface area contributed by atoms with Crippen LogP contribution in [0.2, 0.25) is 10.0 Å². The lowest BCUT2D eigenvalue weighted by atomic mass is 10.2. The van der Waals surface area contributed by atoms with Crippen LogP contribution in [0.5, 0.6) is 0 Å². The van der Waals surface area contributed by atoms with Gasteiger partial charge in [0.15, 0.2) is 0 Å². The van der Waals surface area contributed by atoms with Crippen LogP contribution >= 0.6 is 39.1 Å². The molecule has 0 radical (unpaired) electrons. The van der Waals surface area contributed by atoms with Gasteiger partial charge in [0.25, 0.3) is 0 Å². The predicted octanol–water partition coefficient (Wildman–Crippen LogP) is 4.24. The van der Waals surface area contributed by atoms with E-state index in [1.54, 1.807) is 0 Å². The van der Waals surface area contributed by atoms with Gasteiger partial charge in [-0.15, -0.1) is 0 Å². The van der Waals surface area contributed by atoms with Crippen molar-refractivity contribution in [1.82, 2.24) is 4.98 Å². The monoisotopic (exact) mass is 263 g/mol. The van der Waals surface area contributed by atoms with Gasteiger partial charge in [-0.3, -0.25) is 0 Å². The van der Waals surface area contributed by atoms with E-state index in [1.807, 2.05) is 18.3 Å². The molecule has 1 nitrogen and oxygen atoms in total. The van der Waals surface area contributed by atoms with Crippen molar-refractivity contribution in [2.75, 3.05) is 0 Å². The van der Waals surface area contributed by atoms with Gasteiger partial charge < -0.3 is 4.98 Å². The highest BCUT2D eigenvalue weighted by Gasteiger charge is 2.08. The zero-order valence-corrected chi connectivity index (χ0v) is 8.96. The van der Waals surface area contributed by atoms with Crippen LogP contribution in [-0.4, -0.2) is 4.98 Å². The molecule has 0 aliphatic heterocycles. The molecular weight excluding hydrogens is 261 g/mol. The number of aromatic nitrogens is 1. The molecule has 12 heavy (non-hydrogen) atoms. The molecule has 0 spiro atoms. The number of rotatable bonds is 0. The highest BCUT2D eigenvalue weighted by molar-refractivity contribution is 9.10. The summed E-state index contributed by atoms with van der Waals surface area (Å²) in [5.74, 6) is 0. The maximum Gasteiger partial charge on any atom is 0.0741 e. The van der Waals surface area contributed by atoms with Crippen LogP contribution in [0.4, 0.5) is 0 Å². The molecule has 0 amide bonds. The average Bonchev–Trinajstić information content (AvgIpc) is 2.48. The van der Waals surface area contributed by atoms with Crippen molar-refractivity contribution in [3.8, 4) is 0 Å². The fourth-order valence-electron chi connectivity index (χ4n) is 1.11. The van der Waals surface area contributed by atoms with E-state index in [9.17, 15) is 0 Å². The maximum atomic E-state index is 5.99. The molecule has 1 N–H and O–H groups in total. The lowest BCUT2D eigenvalue weighted by Crippen LogP contribution is -1.74. The Labute approximate surface area is 87.8 Å². The molecule has 2 aromatic rings. The van der Waals surface area contributed by atoms with Crippen LogP contribution in [0.3, 0.4) is 0 Å². The van der Waals surface area contributed by atoms with E-state index in [1.165, 1.54) is 0 Å². The highest BCUT2D eigenvalue weighted by Crippen LogP contribution is 2.36. The minimum absolute atomic E-state index is 0.559. The van der Waals surface area contributed by atoms with Gasteiger partial charge in [0.2, 0.25) is 0 Å². The first-order valence-corrected chi connectivity index (χ1v) is 4.85. The minimum atomic E-state index is 0.559. The second kappa shape index (κ2) is 2.95. The Bertz CT molecular complexity index is 436. The summed E-state index contributed by atoms with van der Waals surface area (Å²) in [6.07, 6.45) is 1.83. The molecule has 1 heterocycles. The molecule has 0 aliphatic rings. The fourth-order valence-corrected chi connectivity index (χ4v) is 2.07. The van der Waals surface area contributed by atoms with Crippen LogP contribution in [-0.2, 0) is 0 Å². The van der Waals surface area contributed by atoms with Gasteiger partial charge in [-0.1, -0.05) is 23.2 Å². The number of fused-ring (bicyclic) bond motifs is 1. The molecule has 0 saturated heterocycles. The van der Waals surface area contributed by atoms with Crippen LogP contribution in [0, 0.1) is 0 Å². The molecule has 0 aliphatic carbocycles. The van der Waals surface area contributed by atoms with Crippen molar-refractivity contribution in [3.63, 3.8) is 0 Å². The van der Waals surface area contributed by atoms with E-state index in [0.717, 1.165) is 15.4 Å². The Balaban J connectivity index is 2.94. The number of hydrogen-bond acceptors (Lipinski definition) is 0. The van der Waals surface area contributed by atoms with E-state index >= 15 is 0 Å². The fraction of sp³-hybridized carbons (Fsp3) is 0. The first kappa shape index (κ1) is 8.42. The third kappa shape index (κ3) is 1.15. The van der Waals surface area contributed by atoms with Crippen LogP contribution in [0.25, 0.3) is 10.9 Å². The van der Waals surface area contributed by atoms with Crippen molar-refractivity contribution in [1.29, 1.82) is 0 Å². The minimum Gasteiger partial charge on any atom is -0.361 e. The first-order valence-electron chi connectivity index (χ1n) is 3.30. The van der Waals surface area contributed by atoms with Gasteiger partial charge in [-0.2, -0.15) is 0 Å². The molecule has 1 aromatic heterocycles. The van der Waals surface area contributed by atoms with Crippen LogP contribution in [0.15, 0.2) is 22.8 Å². The summed E-state index contributed by atoms with van der Waals surface area (Å²) in [6, 6.07) is 3.81. The summed E-state index contributed by atoms with van der Waals surface area (Å²) in [4.78, 5) is 3.06. The van der Waals surface area contributed by atoms with Crippen LogP contribution < -0.4 is 0 Å². The molecule has 4 heteroatoms. The van der Waals surface area contributed by atoms with Gasteiger partial charge in [-0.25, -0.2) is 0 Å². The van der Waals surface area contributed by atoms with Crippen molar-refractivity contribution in [2.45, 2.75) is 0 Å².